The summed E-state index contributed by atoms with van der Waals surface area (Å²) in [5.41, 5.74) is 11.0. The lowest BCUT2D eigenvalue weighted by atomic mass is 10.0. The smallest absolute Gasteiger partial charge is 0.166 e. The largest absolute Gasteiger partial charge is 0.453 e. The molecule has 9 heteroatoms. The molecule has 3 N–H and O–H groups in total. The van der Waals surface area contributed by atoms with Crippen LogP contribution in [0.2, 0.25) is 0 Å². The molecule has 42 heavy (non-hydrogen) atoms. The Morgan fingerprint density at radius 3 is 2.55 bits per heavy atom. The van der Waals surface area contributed by atoms with Gasteiger partial charge in [0, 0.05) is 57.2 Å². The number of nitrogens with two attached hydrogens (primary N) is 1. The van der Waals surface area contributed by atoms with Gasteiger partial charge in [-0.2, -0.15) is 0 Å². The van der Waals surface area contributed by atoms with E-state index in [1.165, 1.54) is 17.4 Å². The molecule has 3 aromatic heterocycles. The van der Waals surface area contributed by atoms with Crippen LogP contribution in [0, 0.1) is 5.82 Å². The summed E-state index contributed by atoms with van der Waals surface area (Å²) in [4.78, 5) is 22.7. The molecule has 0 aliphatic rings. The van der Waals surface area contributed by atoms with E-state index in [0.717, 1.165) is 44.0 Å². The molecule has 0 saturated heterocycles. The second-order valence-electron chi connectivity index (χ2n) is 9.84. The number of ketones is 1. The summed E-state index contributed by atoms with van der Waals surface area (Å²) >= 11 is 1.49. The molecule has 0 amide bonds. The van der Waals surface area contributed by atoms with Crippen molar-refractivity contribution < 1.29 is 18.7 Å². The maximum absolute atomic E-state index is 15.1. The Morgan fingerprint density at radius 2 is 1.81 bits per heavy atom. The molecule has 0 atom stereocenters. The molecule has 7 nitrogen and oxygen atoms in total. The molecular formula is C33H31FN4O3S. The number of fused-ring (bicyclic) bond motifs is 1. The molecule has 3 heterocycles. The lowest BCUT2D eigenvalue weighted by Crippen LogP contribution is -2.18. The molecule has 0 fully saturated rings. The van der Waals surface area contributed by atoms with E-state index in [-0.39, 0.29) is 24.4 Å². The van der Waals surface area contributed by atoms with Crippen LogP contribution < -0.4 is 15.8 Å². The van der Waals surface area contributed by atoms with E-state index in [4.69, 9.17) is 15.2 Å². The summed E-state index contributed by atoms with van der Waals surface area (Å²) < 4.78 is 26.9. The number of ether oxygens (including phenoxy) is 2. The van der Waals surface area contributed by atoms with Crippen LogP contribution in [0.3, 0.4) is 0 Å². The minimum atomic E-state index is -0.542. The van der Waals surface area contributed by atoms with Gasteiger partial charge in [-0.25, -0.2) is 4.39 Å². The predicted octanol–water partition coefficient (Wildman–Crippen LogP) is 6.31. The third kappa shape index (κ3) is 7.25. The van der Waals surface area contributed by atoms with E-state index >= 15 is 4.39 Å². The highest BCUT2D eigenvalue weighted by Crippen LogP contribution is 2.39. The summed E-state index contributed by atoms with van der Waals surface area (Å²) in [6.07, 6.45) is 3.81. The number of hydrogen-bond acceptors (Lipinski definition) is 8. The van der Waals surface area contributed by atoms with Crippen molar-refractivity contribution in [3.8, 4) is 22.1 Å². The Morgan fingerprint density at radius 1 is 1.00 bits per heavy atom. The van der Waals surface area contributed by atoms with Gasteiger partial charge in [0.2, 0.25) is 0 Å². The number of carbonyl (C=O) groups is 1. The number of nitrogens with zero attached hydrogens (tertiary/aromatic N) is 2. The average molecular weight is 583 g/mol. The van der Waals surface area contributed by atoms with Crippen molar-refractivity contribution in [1.82, 2.24) is 15.3 Å². The van der Waals surface area contributed by atoms with Gasteiger partial charge in [-0.05, 0) is 52.6 Å². The van der Waals surface area contributed by atoms with Crippen LogP contribution in [0.4, 0.5) is 4.39 Å². The van der Waals surface area contributed by atoms with Crippen molar-refractivity contribution >= 4 is 33.0 Å². The van der Waals surface area contributed by atoms with Crippen molar-refractivity contribution in [3.63, 3.8) is 0 Å². The molecule has 0 bridgehead atoms. The molecular weight excluding hydrogens is 551 g/mol. The van der Waals surface area contributed by atoms with E-state index in [1.807, 2.05) is 48.7 Å². The van der Waals surface area contributed by atoms with Gasteiger partial charge in [-0.15, -0.1) is 11.3 Å². The molecule has 5 rings (SSSR count). The number of methoxy groups -OCH3 is 1. The third-order valence-corrected chi connectivity index (χ3v) is 7.74. The van der Waals surface area contributed by atoms with Crippen molar-refractivity contribution in [2.75, 3.05) is 20.3 Å². The molecule has 0 saturated carbocycles. The van der Waals surface area contributed by atoms with Crippen LogP contribution in [0.1, 0.15) is 22.3 Å². The summed E-state index contributed by atoms with van der Waals surface area (Å²) in [6, 6.07) is 19.7. The molecule has 0 spiro atoms. The van der Waals surface area contributed by atoms with Crippen molar-refractivity contribution in [2.24, 2.45) is 5.73 Å². The van der Waals surface area contributed by atoms with Crippen LogP contribution in [0.25, 0.3) is 26.5 Å². The maximum atomic E-state index is 15.1. The first-order chi connectivity index (χ1) is 20.4. The number of pyridine rings is 2. The van der Waals surface area contributed by atoms with Gasteiger partial charge in [-0.3, -0.25) is 14.8 Å². The predicted molar refractivity (Wildman–Crippen MR) is 165 cm³/mol. The van der Waals surface area contributed by atoms with E-state index in [0.29, 0.717) is 30.2 Å². The SMILES string of the molecule is C=C(N)c1cccc(CC(=O)Cc2ccc(Oc3ccnc4cc(-c5ccc(CNCCOC)cn5)sc34)c(F)c2)c1. The molecule has 0 aliphatic heterocycles. The first-order valence-electron chi connectivity index (χ1n) is 13.4. The second kappa shape index (κ2) is 13.5. The minimum absolute atomic E-state index is 0.0335. The van der Waals surface area contributed by atoms with Crippen molar-refractivity contribution in [3.05, 3.63) is 114 Å². The number of thiophene rings is 1. The lowest BCUT2D eigenvalue weighted by Gasteiger charge is -2.09. The van der Waals surface area contributed by atoms with Gasteiger partial charge >= 0.3 is 0 Å². The number of nitrogens with one attached hydrogen (secondary N) is 1. The fourth-order valence-corrected chi connectivity index (χ4v) is 5.50. The van der Waals surface area contributed by atoms with E-state index < -0.39 is 5.82 Å². The van der Waals surface area contributed by atoms with E-state index in [9.17, 15) is 4.79 Å². The Balaban J connectivity index is 1.26. The highest BCUT2D eigenvalue weighted by Gasteiger charge is 2.15. The molecule has 0 unspecified atom stereocenters. The number of Topliss-reactive ketones (excluding diaryl/α,β-unsaturated/α-hetero) is 1. The molecule has 5 aromatic rings. The topological polar surface area (TPSA) is 99.4 Å². The van der Waals surface area contributed by atoms with Crippen LogP contribution in [-0.4, -0.2) is 36.0 Å². The lowest BCUT2D eigenvalue weighted by molar-refractivity contribution is -0.117. The second-order valence-corrected chi connectivity index (χ2v) is 10.9. The zero-order valence-corrected chi connectivity index (χ0v) is 24.0. The summed E-state index contributed by atoms with van der Waals surface area (Å²) in [5, 5.41) is 3.30. The molecule has 0 aliphatic carbocycles. The van der Waals surface area contributed by atoms with Crippen molar-refractivity contribution in [1.29, 1.82) is 0 Å². The monoisotopic (exact) mass is 582 g/mol. The summed E-state index contributed by atoms with van der Waals surface area (Å²) in [7, 11) is 1.68. The van der Waals surface area contributed by atoms with Gasteiger partial charge in [0.05, 0.1) is 27.4 Å². The molecule has 0 radical (unpaired) electrons. The minimum Gasteiger partial charge on any atom is -0.453 e. The zero-order chi connectivity index (χ0) is 29.5. The number of halogens is 1. The Bertz CT molecular complexity index is 1720. The highest BCUT2D eigenvalue weighted by atomic mass is 32.1. The highest BCUT2D eigenvalue weighted by molar-refractivity contribution is 7.22. The third-order valence-electron chi connectivity index (χ3n) is 6.58. The molecule has 2 aromatic carbocycles. The Hall–Kier alpha value is -4.44. The average Bonchev–Trinajstić information content (AvgIpc) is 3.43. The summed E-state index contributed by atoms with van der Waals surface area (Å²) in [6.45, 7) is 5.87. The van der Waals surface area contributed by atoms with Crippen LogP contribution in [-0.2, 0) is 28.9 Å². The van der Waals surface area contributed by atoms with Gasteiger partial charge < -0.3 is 20.5 Å². The maximum Gasteiger partial charge on any atom is 0.166 e. The van der Waals surface area contributed by atoms with Gasteiger partial charge in [0.15, 0.2) is 11.6 Å². The first-order valence-corrected chi connectivity index (χ1v) is 14.3. The Kier molecular flexibility index (Phi) is 9.33. The fourth-order valence-electron chi connectivity index (χ4n) is 4.46. The number of hydrogen-bond donors (Lipinski definition) is 2. The van der Waals surface area contributed by atoms with Gasteiger partial charge in [0.25, 0.3) is 0 Å². The van der Waals surface area contributed by atoms with Crippen LogP contribution in [0.15, 0.2) is 85.7 Å². The number of benzene rings is 2. The van der Waals surface area contributed by atoms with E-state index in [1.54, 1.807) is 31.5 Å². The molecule has 214 valence electrons. The van der Waals surface area contributed by atoms with Crippen LogP contribution in [0.5, 0.6) is 11.5 Å². The zero-order valence-electron chi connectivity index (χ0n) is 23.2. The number of rotatable bonds is 13. The first kappa shape index (κ1) is 29.1. The quantitative estimate of drug-likeness (QED) is 0.157. The summed E-state index contributed by atoms with van der Waals surface area (Å²) in [5.74, 6) is -0.000728. The standard InChI is InChI=1S/C33H31FN4O3S/c1-21(35)25-5-3-4-22(14-25)15-26(39)16-23-7-9-30(27(34)17-23)41-31-10-11-37-29-18-32(42-33(29)31)28-8-6-24(20-38-28)19-36-12-13-40-2/h3-11,14,17-18,20,36H,1,12-13,15-16,19,35H2,2H3. The van der Waals surface area contributed by atoms with E-state index in [2.05, 4.69) is 21.9 Å². The number of carbonyl (C=O) groups excluding carboxylic acids is 1. The Labute approximate surface area is 247 Å². The van der Waals surface area contributed by atoms with Crippen LogP contribution >= 0.6 is 11.3 Å². The van der Waals surface area contributed by atoms with Gasteiger partial charge in [0.1, 0.15) is 11.5 Å². The fraction of sp³-hybridized carbons (Fsp3) is 0.182. The normalized spacial score (nSPS) is 11.1. The van der Waals surface area contributed by atoms with Gasteiger partial charge in [-0.1, -0.05) is 36.9 Å². The number of aromatic nitrogens is 2. The van der Waals surface area contributed by atoms with Crippen molar-refractivity contribution in [2.45, 2.75) is 19.4 Å².